The van der Waals surface area contributed by atoms with Gasteiger partial charge in [-0.2, -0.15) is 0 Å². The molecule has 0 N–H and O–H groups in total. The van der Waals surface area contributed by atoms with E-state index in [0.29, 0.717) is 12.5 Å². The van der Waals surface area contributed by atoms with Crippen molar-refractivity contribution in [2.24, 2.45) is 11.8 Å². The molecule has 2 nitrogen and oxygen atoms in total. The topological polar surface area (TPSA) is 26.3 Å². The predicted molar refractivity (Wildman–Crippen MR) is 56.8 cm³/mol. The summed E-state index contributed by atoms with van der Waals surface area (Å²) in [6, 6.07) is 0. The molecule has 2 unspecified atom stereocenters. The molecule has 0 saturated heterocycles. The number of hydrogen-bond donors (Lipinski definition) is 0. The number of ether oxygens (including phenoxy) is 1. The van der Waals surface area contributed by atoms with Crippen LogP contribution in [0.25, 0.3) is 0 Å². The Balaban J connectivity index is 2.49. The average molecular weight is 194 g/mol. The molecule has 0 amide bonds. The SMILES string of the molecule is CC=CC(=CC)C1CC1C(=O)OCC. The molecule has 1 fully saturated rings. The fraction of sp³-hybridized carbons (Fsp3) is 0.583. The maximum Gasteiger partial charge on any atom is 0.309 e. The van der Waals surface area contributed by atoms with Crippen LogP contribution in [0.1, 0.15) is 27.2 Å². The fourth-order valence-corrected chi connectivity index (χ4v) is 1.70. The first-order valence-electron chi connectivity index (χ1n) is 5.20. The summed E-state index contributed by atoms with van der Waals surface area (Å²) in [4.78, 5) is 11.4. The third-order valence-corrected chi connectivity index (χ3v) is 2.50. The second-order valence-electron chi connectivity index (χ2n) is 3.49. The molecule has 1 aliphatic rings. The molecule has 0 aromatic heterocycles. The van der Waals surface area contributed by atoms with Gasteiger partial charge in [0.05, 0.1) is 12.5 Å². The Kier molecular flexibility index (Phi) is 3.93. The molecule has 1 saturated carbocycles. The summed E-state index contributed by atoms with van der Waals surface area (Å²) >= 11 is 0. The van der Waals surface area contributed by atoms with E-state index in [9.17, 15) is 4.79 Å². The monoisotopic (exact) mass is 194 g/mol. The molecule has 0 bridgehead atoms. The number of carbonyl (C=O) groups is 1. The van der Waals surface area contributed by atoms with Crippen molar-refractivity contribution in [1.82, 2.24) is 0 Å². The molecule has 78 valence electrons. The fourth-order valence-electron chi connectivity index (χ4n) is 1.70. The lowest BCUT2D eigenvalue weighted by atomic mass is 10.1. The van der Waals surface area contributed by atoms with Crippen molar-refractivity contribution in [1.29, 1.82) is 0 Å². The van der Waals surface area contributed by atoms with Crippen LogP contribution in [0.2, 0.25) is 0 Å². The molecule has 2 atom stereocenters. The van der Waals surface area contributed by atoms with Gasteiger partial charge < -0.3 is 4.74 Å². The predicted octanol–water partition coefficient (Wildman–Crippen LogP) is 2.71. The molecule has 0 aromatic rings. The zero-order valence-electron chi connectivity index (χ0n) is 9.12. The van der Waals surface area contributed by atoms with E-state index in [1.807, 2.05) is 26.8 Å². The normalized spacial score (nSPS) is 26.6. The lowest BCUT2D eigenvalue weighted by molar-refractivity contribution is -0.144. The highest BCUT2D eigenvalue weighted by Crippen LogP contribution is 2.45. The number of rotatable bonds is 4. The van der Waals surface area contributed by atoms with E-state index in [1.165, 1.54) is 5.57 Å². The van der Waals surface area contributed by atoms with Crippen molar-refractivity contribution >= 4 is 5.97 Å². The molecule has 1 aliphatic carbocycles. The van der Waals surface area contributed by atoms with Crippen LogP contribution in [0.15, 0.2) is 23.8 Å². The van der Waals surface area contributed by atoms with Crippen LogP contribution < -0.4 is 0 Å². The Hall–Kier alpha value is -1.05. The van der Waals surface area contributed by atoms with Crippen molar-refractivity contribution in [3.8, 4) is 0 Å². The third-order valence-electron chi connectivity index (χ3n) is 2.50. The van der Waals surface area contributed by atoms with E-state index in [2.05, 4.69) is 12.2 Å². The minimum atomic E-state index is -0.0404. The van der Waals surface area contributed by atoms with E-state index in [4.69, 9.17) is 4.74 Å². The largest absolute Gasteiger partial charge is 0.466 e. The molecule has 14 heavy (non-hydrogen) atoms. The first kappa shape index (κ1) is 11.0. The summed E-state index contributed by atoms with van der Waals surface area (Å²) in [7, 11) is 0. The summed E-state index contributed by atoms with van der Waals surface area (Å²) < 4.78 is 4.98. The molecule has 1 rings (SSSR count). The van der Waals surface area contributed by atoms with Gasteiger partial charge in [0.1, 0.15) is 0 Å². The summed E-state index contributed by atoms with van der Waals surface area (Å²) in [5.41, 5.74) is 1.26. The van der Waals surface area contributed by atoms with Gasteiger partial charge in [0.15, 0.2) is 0 Å². The van der Waals surface area contributed by atoms with Crippen molar-refractivity contribution in [2.75, 3.05) is 6.61 Å². The zero-order chi connectivity index (χ0) is 10.6. The van der Waals surface area contributed by atoms with E-state index >= 15 is 0 Å². The number of carbonyl (C=O) groups excluding carboxylic acids is 1. The van der Waals surface area contributed by atoms with Gasteiger partial charge >= 0.3 is 5.97 Å². The number of esters is 1. The Morgan fingerprint density at radius 1 is 1.43 bits per heavy atom. The van der Waals surface area contributed by atoms with E-state index in [1.54, 1.807) is 0 Å². The molecular formula is C12H18O2. The van der Waals surface area contributed by atoms with Crippen LogP contribution in [0.5, 0.6) is 0 Å². The molecule has 0 radical (unpaired) electrons. The molecule has 0 aliphatic heterocycles. The Bertz CT molecular complexity index is 263. The quantitative estimate of drug-likeness (QED) is 0.508. The van der Waals surface area contributed by atoms with Crippen LogP contribution in [0.4, 0.5) is 0 Å². The van der Waals surface area contributed by atoms with E-state index in [-0.39, 0.29) is 11.9 Å². The molecule has 0 heterocycles. The summed E-state index contributed by atoms with van der Waals surface area (Å²) in [6.45, 7) is 6.33. The summed E-state index contributed by atoms with van der Waals surface area (Å²) in [6.07, 6.45) is 7.10. The second kappa shape index (κ2) is 4.99. The lowest BCUT2D eigenvalue weighted by Gasteiger charge is -2.01. The van der Waals surface area contributed by atoms with Crippen LogP contribution in [0.3, 0.4) is 0 Å². The lowest BCUT2D eigenvalue weighted by Crippen LogP contribution is -2.07. The van der Waals surface area contributed by atoms with Gasteiger partial charge in [0.25, 0.3) is 0 Å². The highest BCUT2D eigenvalue weighted by molar-refractivity contribution is 5.76. The van der Waals surface area contributed by atoms with Gasteiger partial charge in [-0.1, -0.05) is 18.2 Å². The first-order valence-corrected chi connectivity index (χ1v) is 5.20. The van der Waals surface area contributed by atoms with Gasteiger partial charge in [-0.05, 0) is 38.7 Å². The first-order chi connectivity index (χ1) is 6.74. The minimum Gasteiger partial charge on any atom is -0.466 e. The van der Waals surface area contributed by atoms with Gasteiger partial charge in [0.2, 0.25) is 0 Å². The highest BCUT2D eigenvalue weighted by Gasteiger charge is 2.45. The minimum absolute atomic E-state index is 0.0404. The van der Waals surface area contributed by atoms with E-state index < -0.39 is 0 Å². The van der Waals surface area contributed by atoms with Gasteiger partial charge in [0, 0.05) is 0 Å². The van der Waals surface area contributed by atoms with Crippen molar-refractivity contribution in [3.05, 3.63) is 23.8 Å². The van der Waals surface area contributed by atoms with Gasteiger partial charge in [-0.15, -0.1) is 0 Å². The molecule has 2 heteroatoms. The second-order valence-corrected chi connectivity index (χ2v) is 3.49. The smallest absolute Gasteiger partial charge is 0.309 e. The van der Waals surface area contributed by atoms with E-state index in [0.717, 1.165) is 6.42 Å². The van der Waals surface area contributed by atoms with Gasteiger partial charge in [-0.3, -0.25) is 4.79 Å². The zero-order valence-corrected chi connectivity index (χ0v) is 9.12. The van der Waals surface area contributed by atoms with Crippen LogP contribution >= 0.6 is 0 Å². The number of allylic oxidation sites excluding steroid dienone is 4. The standard InChI is InChI=1S/C12H18O2/c1-4-7-9(5-2)10-8-11(10)12(13)14-6-3/h4-5,7,10-11H,6,8H2,1-3H3. The average Bonchev–Trinajstić information content (AvgIpc) is 2.94. The molecular weight excluding hydrogens is 176 g/mol. The summed E-state index contributed by atoms with van der Waals surface area (Å²) in [5.74, 6) is 0.467. The maximum absolute atomic E-state index is 11.4. The third kappa shape index (κ3) is 2.47. The number of hydrogen-bond acceptors (Lipinski definition) is 2. The van der Waals surface area contributed by atoms with Gasteiger partial charge in [-0.25, -0.2) is 0 Å². The van der Waals surface area contributed by atoms with Crippen LogP contribution in [-0.4, -0.2) is 12.6 Å². The molecule has 0 aromatic carbocycles. The van der Waals surface area contributed by atoms with Crippen LogP contribution in [-0.2, 0) is 9.53 Å². The Morgan fingerprint density at radius 3 is 2.64 bits per heavy atom. The Labute approximate surface area is 85.6 Å². The highest BCUT2D eigenvalue weighted by atomic mass is 16.5. The summed E-state index contributed by atoms with van der Waals surface area (Å²) in [5, 5.41) is 0. The van der Waals surface area contributed by atoms with Crippen molar-refractivity contribution < 1.29 is 9.53 Å². The Morgan fingerprint density at radius 2 is 2.14 bits per heavy atom. The molecule has 0 spiro atoms. The maximum atomic E-state index is 11.4. The van der Waals surface area contributed by atoms with Crippen LogP contribution in [0, 0.1) is 11.8 Å². The van der Waals surface area contributed by atoms with Crippen molar-refractivity contribution in [3.63, 3.8) is 0 Å². The van der Waals surface area contributed by atoms with Crippen molar-refractivity contribution in [2.45, 2.75) is 27.2 Å².